The molecule has 1 amide bonds. The molecule has 110 valence electrons. The van der Waals surface area contributed by atoms with E-state index in [2.05, 4.69) is 20.1 Å². The number of pyridine rings is 1. The number of aryl methyl sites for hydroxylation is 2. The molecule has 0 saturated carbocycles. The number of nitrogens with zero attached hydrogens (tertiary/aromatic N) is 4. The van der Waals surface area contributed by atoms with Crippen molar-refractivity contribution in [2.75, 3.05) is 31.1 Å². The Bertz CT molecular complexity index is 609. The molecule has 3 rings (SSSR count). The van der Waals surface area contributed by atoms with E-state index in [-0.39, 0.29) is 5.91 Å². The molecule has 0 unspecified atom stereocenters. The normalized spacial score (nSPS) is 15.3. The van der Waals surface area contributed by atoms with Gasteiger partial charge >= 0.3 is 0 Å². The highest BCUT2D eigenvalue weighted by Crippen LogP contribution is 2.17. The van der Waals surface area contributed by atoms with E-state index in [1.54, 1.807) is 6.20 Å². The first-order valence-corrected chi connectivity index (χ1v) is 7.13. The van der Waals surface area contributed by atoms with Gasteiger partial charge in [-0.3, -0.25) is 9.89 Å². The molecule has 0 spiro atoms. The number of piperazine rings is 1. The number of aromatic nitrogens is 3. The van der Waals surface area contributed by atoms with Crippen molar-refractivity contribution in [2.24, 2.45) is 0 Å². The van der Waals surface area contributed by atoms with E-state index in [4.69, 9.17) is 0 Å². The monoisotopic (exact) mass is 285 g/mol. The largest absolute Gasteiger partial charge is 0.353 e. The van der Waals surface area contributed by atoms with E-state index >= 15 is 0 Å². The van der Waals surface area contributed by atoms with Crippen LogP contribution in [0.3, 0.4) is 0 Å². The maximum absolute atomic E-state index is 12.6. The predicted molar refractivity (Wildman–Crippen MR) is 80.4 cm³/mol. The Labute approximate surface area is 123 Å². The van der Waals surface area contributed by atoms with Gasteiger partial charge in [-0.25, -0.2) is 4.98 Å². The topological polar surface area (TPSA) is 65.1 Å². The van der Waals surface area contributed by atoms with E-state index in [1.165, 1.54) is 0 Å². The Hall–Kier alpha value is -2.37. The first-order valence-electron chi connectivity index (χ1n) is 7.13. The fourth-order valence-corrected chi connectivity index (χ4v) is 2.70. The summed E-state index contributed by atoms with van der Waals surface area (Å²) < 4.78 is 0. The minimum Gasteiger partial charge on any atom is -0.353 e. The zero-order valence-corrected chi connectivity index (χ0v) is 12.3. The Kier molecular flexibility index (Phi) is 3.60. The first kappa shape index (κ1) is 13.6. The number of hydrogen-bond acceptors (Lipinski definition) is 4. The number of carbonyl (C=O) groups excluding carboxylic acids is 1. The Morgan fingerprint density at radius 3 is 2.52 bits per heavy atom. The number of aromatic amines is 1. The van der Waals surface area contributed by atoms with E-state index in [9.17, 15) is 4.79 Å². The molecule has 2 aromatic rings. The van der Waals surface area contributed by atoms with Gasteiger partial charge in [0.15, 0.2) is 0 Å². The van der Waals surface area contributed by atoms with E-state index in [0.29, 0.717) is 18.7 Å². The van der Waals surface area contributed by atoms with Crippen LogP contribution in [-0.4, -0.2) is 52.2 Å². The molecule has 0 aliphatic carbocycles. The molecule has 6 nitrogen and oxygen atoms in total. The van der Waals surface area contributed by atoms with Gasteiger partial charge < -0.3 is 9.80 Å². The van der Waals surface area contributed by atoms with Crippen molar-refractivity contribution in [3.63, 3.8) is 0 Å². The average molecular weight is 285 g/mol. The predicted octanol–water partition coefficient (Wildman–Crippen LogP) is 1.38. The van der Waals surface area contributed by atoms with Crippen LogP contribution in [0.4, 0.5) is 5.82 Å². The summed E-state index contributed by atoms with van der Waals surface area (Å²) in [5.41, 5.74) is 2.32. The summed E-state index contributed by atoms with van der Waals surface area (Å²) in [6, 6.07) is 5.90. The molecular formula is C15H19N5O. The summed E-state index contributed by atoms with van der Waals surface area (Å²) in [5.74, 6) is 1.04. The molecule has 6 heteroatoms. The molecule has 0 atom stereocenters. The lowest BCUT2D eigenvalue weighted by Crippen LogP contribution is -2.49. The van der Waals surface area contributed by atoms with Gasteiger partial charge in [0, 0.05) is 38.1 Å². The van der Waals surface area contributed by atoms with Crippen molar-refractivity contribution < 1.29 is 4.79 Å². The minimum absolute atomic E-state index is 0.0689. The second-order valence-corrected chi connectivity index (χ2v) is 5.28. The van der Waals surface area contributed by atoms with Crippen molar-refractivity contribution in [3.05, 3.63) is 41.3 Å². The second kappa shape index (κ2) is 5.55. The molecule has 1 N–H and O–H groups in total. The molecule has 1 aliphatic heterocycles. The van der Waals surface area contributed by atoms with Gasteiger partial charge in [0.05, 0.1) is 11.3 Å². The van der Waals surface area contributed by atoms with Crippen molar-refractivity contribution in [1.82, 2.24) is 20.1 Å². The summed E-state index contributed by atoms with van der Waals surface area (Å²) in [6.45, 7) is 6.77. The van der Waals surface area contributed by atoms with Crippen molar-refractivity contribution in [2.45, 2.75) is 13.8 Å². The molecule has 1 saturated heterocycles. The van der Waals surface area contributed by atoms with E-state index in [1.807, 2.05) is 36.9 Å². The number of H-pyrrole nitrogens is 1. The third kappa shape index (κ3) is 2.61. The van der Waals surface area contributed by atoms with Gasteiger partial charge in [0.2, 0.25) is 0 Å². The van der Waals surface area contributed by atoms with Gasteiger partial charge in [-0.1, -0.05) is 6.07 Å². The third-order valence-electron chi connectivity index (χ3n) is 3.88. The van der Waals surface area contributed by atoms with Crippen LogP contribution in [0.15, 0.2) is 24.4 Å². The molecule has 0 bridgehead atoms. The Morgan fingerprint density at radius 2 is 1.95 bits per heavy atom. The molecule has 1 aliphatic rings. The van der Waals surface area contributed by atoms with Gasteiger partial charge in [-0.05, 0) is 26.0 Å². The van der Waals surface area contributed by atoms with Gasteiger partial charge in [-0.2, -0.15) is 5.10 Å². The summed E-state index contributed by atoms with van der Waals surface area (Å²) in [5, 5.41) is 6.98. The molecular weight excluding hydrogens is 266 g/mol. The third-order valence-corrected chi connectivity index (χ3v) is 3.88. The first-order chi connectivity index (χ1) is 10.2. The fraction of sp³-hybridized carbons (Fsp3) is 0.400. The minimum atomic E-state index is 0.0689. The number of nitrogens with one attached hydrogen (secondary N) is 1. The summed E-state index contributed by atoms with van der Waals surface area (Å²) in [4.78, 5) is 21.0. The van der Waals surface area contributed by atoms with Crippen molar-refractivity contribution in [3.8, 4) is 0 Å². The lowest BCUT2D eigenvalue weighted by atomic mass is 10.1. The van der Waals surface area contributed by atoms with Gasteiger partial charge in [0.1, 0.15) is 5.82 Å². The van der Waals surface area contributed by atoms with Gasteiger partial charge in [0.25, 0.3) is 5.91 Å². The fourth-order valence-electron chi connectivity index (χ4n) is 2.70. The maximum atomic E-state index is 12.6. The highest BCUT2D eigenvalue weighted by atomic mass is 16.2. The zero-order valence-electron chi connectivity index (χ0n) is 12.3. The molecule has 1 fully saturated rings. The second-order valence-electron chi connectivity index (χ2n) is 5.28. The lowest BCUT2D eigenvalue weighted by molar-refractivity contribution is 0.0745. The number of amides is 1. The van der Waals surface area contributed by atoms with E-state index in [0.717, 1.165) is 30.3 Å². The summed E-state index contributed by atoms with van der Waals surface area (Å²) in [6.07, 6.45) is 1.80. The SMILES string of the molecule is Cc1n[nH]c(C)c1C(=O)N1CCN(c2ccccn2)CC1. The van der Waals surface area contributed by atoms with Gasteiger partial charge in [-0.15, -0.1) is 0 Å². The lowest BCUT2D eigenvalue weighted by Gasteiger charge is -2.35. The number of anilines is 1. The van der Waals surface area contributed by atoms with E-state index < -0.39 is 0 Å². The summed E-state index contributed by atoms with van der Waals surface area (Å²) in [7, 11) is 0. The summed E-state index contributed by atoms with van der Waals surface area (Å²) >= 11 is 0. The quantitative estimate of drug-likeness (QED) is 0.905. The van der Waals surface area contributed by atoms with Crippen LogP contribution in [0.25, 0.3) is 0 Å². The molecule has 0 aromatic carbocycles. The Morgan fingerprint density at radius 1 is 1.19 bits per heavy atom. The average Bonchev–Trinajstić information content (AvgIpc) is 2.87. The molecule has 2 aromatic heterocycles. The Balaban J connectivity index is 1.68. The number of carbonyl (C=O) groups is 1. The van der Waals surface area contributed by atoms with Crippen LogP contribution >= 0.6 is 0 Å². The number of rotatable bonds is 2. The van der Waals surface area contributed by atoms with Crippen molar-refractivity contribution >= 4 is 11.7 Å². The highest BCUT2D eigenvalue weighted by molar-refractivity contribution is 5.96. The van der Waals surface area contributed by atoms with Crippen LogP contribution in [0, 0.1) is 13.8 Å². The smallest absolute Gasteiger partial charge is 0.257 e. The molecule has 21 heavy (non-hydrogen) atoms. The highest BCUT2D eigenvalue weighted by Gasteiger charge is 2.25. The van der Waals surface area contributed by atoms with Crippen LogP contribution in [0.5, 0.6) is 0 Å². The van der Waals surface area contributed by atoms with Crippen LogP contribution in [0.1, 0.15) is 21.7 Å². The number of hydrogen-bond donors (Lipinski definition) is 1. The zero-order chi connectivity index (χ0) is 14.8. The van der Waals surface area contributed by atoms with Crippen LogP contribution < -0.4 is 4.90 Å². The molecule has 3 heterocycles. The maximum Gasteiger partial charge on any atom is 0.257 e. The standard InChI is InChI=1S/C15H19N5O/c1-11-14(12(2)18-17-11)15(21)20-9-7-19(8-10-20)13-5-3-4-6-16-13/h3-6H,7-10H2,1-2H3,(H,17,18). The molecule has 0 radical (unpaired) electrons. The van der Waals surface area contributed by atoms with Crippen LogP contribution in [-0.2, 0) is 0 Å². The van der Waals surface area contributed by atoms with Crippen LogP contribution in [0.2, 0.25) is 0 Å². The van der Waals surface area contributed by atoms with Crippen molar-refractivity contribution in [1.29, 1.82) is 0 Å².